The number of fused-ring (bicyclic) bond motifs is 1. The number of hydrogen-bond acceptors (Lipinski definition) is 2. The lowest BCUT2D eigenvalue weighted by molar-refractivity contribution is 0.0546. The first-order chi connectivity index (χ1) is 13.1. The van der Waals surface area contributed by atoms with Gasteiger partial charge in [-0.25, -0.2) is 0 Å². The van der Waals surface area contributed by atoms with Crippen molar-refractivity contribution < 1.29 is 9.53 Å². The number of benzene rings is 2. The quantitative estimate of drug-likeness (QED) is 0.554. The van der Waals surface area contributed by atoms with Crippen molar-refractivity contribution in [3.63, 3.8) is 0 Å². The molecule has 0 radical (unpaired) electrons. The number of rotatable bonds is 4. The van der Waals surface area contributed by atoms with Gasteiger partial charge in [0, 0.05) is 35.1 Å². The lowest BCUT2D eigenvalue weighted by atomic mass is 9.88. The number of carbonyl (C=O) groups is 1. The highest BCUT2D eigenvalue weighted by molar-refractivity contribution is 6.33. The van der Waals surface area contributed by atoms with Crippen molar-refractivity contribution in [1.82, 2.24) is 4.98 Å². The Morgan fingerprint density at radius 2 is 1.85 bits per heavy atom. The Labute approximate surface area is 164 Å². The van der Waals surface area contributed by atoms with Gasteiger partial charge in [0.2, 0.25) is 0 Å². The van der Waals surface area contributed by atoms with Crippen molar-refractivity contribution >= 4 is 53.7 Å². The number of aromatic amines is 1. The molecule has 1 fully saturated rings. The van der Waals surface area contributed by atoms with Gasteiger partial charge in [0.1, 0.15) is 7.85 Å². The van der Waals surface area contributed by atoms with E-state index in [1.54, 1.807) is 0 Å². The molecule has 1 aromatic heterocycles. The minimum absolute atomic E-state index is 0.0294. The van der Waals surface area contributed by atoms with E-state index in [9.17, 15) is 4.79 Å². The topological polar surface area (TPSA) is 42.1 Å². The SMILES string of the molecule is Bc1ccc2c(C(=O)C3CCOCC3)c(/C=C/c3ccc(Cl)cc3)[nH]c2c1. The average Bonchev–Trinajstić information content (AvgIpc) is 3.05. The first kappa shape index (κ1) is 18.1. The molecule has 1 aliphatic rings. The van der Waals surface area contributed by atoms with Crippen LogP contribution in [0.3, 0.4) is 0 Å². The van der Waals surface area contributed by atoms with E-state index in [0.29, 0.717) is 18.2 Å². The van der Waals surface area contributed by atoms with Gasteiger partial charge in [-0.2, -0.15) is 0 Å². The van der Waals surface area contributed by atoms with Crippen LogP contribution in [0.25, 0.3) is 23.1 Å². The monoisotopic (exact) mass is 377 g/mol. The molecule has 3 aromatic rings. The van der Waals surface area contributed by atoms with E-state index in [1.807, 2.05) is 42.5 Å². The summed E-state index contributed by atoms with van der Waals surface area (Å²) in [4.78, 5) is 16.8. The molecule has 1 aliphatic heterocycles. The second-order valence-corrected chi connectivity index (χ2v) is 7.53. The molecule has 0 aliphatic carbocycles. The number of Topliss-reactive ketones (excluding diaryl/α,β-unsaturated/α-hetero) is 1. The molecule has 5 heteroatoms. The van der Waals surface area contributed by atoms with Crippen LogP contribution in [0, 0.1) is 5.92 Å². The lowest BCUT2D eigenvalue weighted by Gasteiger charge is -2.21. The van der Waals surface area contributed by atoms with Crippen molar-refractivity contribution in [2.75, 3.05) is 13.2 Å². The zero-order valence-electron chi connectivity index (χ0n) is 15.3. The van der Waals surface area contributed by atoms with Crippen LogP contribution in [0.5, 0.6) is 0 Å². The summed E-state index contributed by atoms with van der Waals surface area (Å²) in [6.45, 7) is 1.32. The molecule has 0 bridgehead atoms. The van der Waals surface area contributed by atoms with E-state index in [1.165, 1.54) is 5.46 Å². The lowest BCUT2D eigenvalue weighted by Crippen LogP contribution is -2.23. The number of ketones is 1. The Hall–Kier alpha value is -2.30. The van der Waals surface area contributed by atoms with Crippen LogP contribution in [0.4, 0.5) is 0 Å². The summed E-state index contributed by atoms with van der Waals surface area (Å²) in [5, 5.41) is 1.71. The summed E-state index contributed by atoms with van der Waals surface area (Å²) in [7, 11) is 2.06. The maximum absolute atomic E-state index is 13.3. The molecular weight excluding hydrogens is 357 g/mol. The molecule has 136 valence electrons. The number of hydrogen-bond donors (Lipinski definition) is 1. The number of aromatic nitrogens is 1. The molecule has 2 aromatic carbocycles. The van der Waals surface area contributed by atoms with Gasteiger partial charge in [-0.15, -0.1) is 0 Å². The molecule has 1 saturated heterocycles. The van der Waals surface area contributed by atoms with E-state index in [0.717, 1.165) is 40.6 Å². The Balaban J connectivity index is 1.76. The summed E-state index contributed by atoms with van der Waals surface area (Å²) in [5.74, 6) is 0.242. The smallest absolute Gasteiger partial charge is 0.168 e. The van der Waals surface area contributed by atoms with E-state index >= 15 is 0 Å². The van der Waals surface area contributed by atoms with Gasteiger partial charge in [0.15, 0.2) is 5.78 Å². The highest BCUT2D eigenvalue weighted by Gasteiger charge is 2.27. The van der Waals surface area contributed by atoms with Crippen LogP contribution < -0.4 is 5.46 Å². The summed E-state index contributed by atoms with van der Waals surface area (Å²) < 4.78 is 5.43. The van der Waals surface area contributed by atoms with Crippen molar-refractivity contribution in [3.8, 4) is 0 Å². The van der Waals surface area contributed by atoms with Crippen molar-refractivity contribution in [3.05, 3.63) is 64.3 Å². The van der Waals surface area contributed by atoms with E-state index in [4.69, 9.17) is 16.3 Å². The molecular formula is C22H21BClNO2. The molecule has 0 spiro atoms. The third-order valence-electron chi connectivity index (χ3n) is 5.13. The van der Waals surface area contributed by atoms with Crippen LogP contribution in [0.15, 0.2) is 42.5 Å². The first-order valence-electron chi connectivity index (χ1n) is 9.30. The largest absolute Gasteiger partial charge is 0.381 e. The third kappa shape index (κ3) is 3.87. The minimum Gasteiger partial charge on any atom is -0.381 e. The highest BCUT2D eigenvalue weighted by Crippen LogP contribution is 2.29. The van der Waals surface area contributed by atoms with Crippen LogP contribution in [0.1, 0.15) is 34.5 Å². The Bertz CT molecular complexity index is 1000. The van der Waals surface area contributed by atoms with Gasteiger partial charge in [-0.3, -0.25) is 4.79 Å². The van der Waals surface area contributed by atoms with Gasteiger partial charge in [-0.1, -0.05) is 47.4 Å². The standard InChI is InChI=1S/C22H21BClNO2/c23-16-4-7-18-20(13-16)25-19(8-3-14-1-5-17(24)6-2-14)21(18)22(26)15-9-11-27-12-10-15/h1-8,13,15,25H,9-12,23H2/b8-3+. The molecule has 2 heterocycles. The number of H-pyrrole nitrogens is 1. The fourth-order valence-electron chi connectivity index (χ4n) is 3.64. The Kier molecular flexibility index (Phi) is 5.19. The molecule has 0 amide bonds. The summed E-state index contributed by atoms with van der Waals surface area (Å²) in [6, 6.07) is 13.9. The number of nitrogens with one attached hydrogen (secondary N) is 1. The van der Waals surface area contributed by atoms with Gasteiger partial charge in [0.25, 0.3) is 0 Å². The summed E-state index contributed by atoms with van der Waals surface area (Å²) in [6.07, 6.45) is 5.58. The molecule has 0 saturated carbocycles. The maximum Gasteiger partial charge on any atom is 0.168 e. The number of carbonyl (C=O) groups excluding carboxylic acids is 1. The second kappa shape index (κ2) is 7.75. The molecule has 0 atom stereocenters. The first-order valence-corrected chi connectivity index (χ1v) is 9.67. The van der Waals surface area contributed by atoms with Crippen molar-refractivity contribution in [2.24, 2.45) is 5.92 Å². The number of ether oxygens (including phenoxy) is 1. The predicted octanol–water partition coefficient (Wildman–Crippen LogP) is 3.86. The van der Waals surface area contributed by atoms with E-state index in [2.05, 4.69) is 25.0 Å². The average molecular weight is 378 g/mol. The van der Waals surface area contributed by atoms with Gasteiger partial charge in [0.05, 0.1) is 11.3 Å². The fourth-order valence-corrected chi connectivity index (χ4v) is 3.77. The molecule has 3 nitrogen and oxygen atoms in total. The highest BCUT2D eigenvalue weighted by atomic mass is 35.5. The number of halogens is 1. The van der Waals surface area contributed by atoms with Gasteiger partial charge >= 0.3 is 0 Å². The summed E-state index contributed by atoms with van der Waals surface area (Å²) in [5.41, 5.74) is 4.87. The van der Waals surface area contributed by atoms with Crippen molar-refractivity contribution in [1.29, 1.82) is 0 Å². The van der Waals surface area contributed by atoms with Gasteiger partial charge < -0.3 is 9.72 Å². The van der Waals surface area contributed by atoms with Crippen LogP contribution in [-0.2, 0) is 4.74 Å². The third-order valence-corrected chi connectivity index (χ3v) is 5.39. The van der Waals surface area contributed by atoms with Crippen LogP contribution in [-0.4, -0.2) is 31.8 Å². The van der Waals surface area contributed by atoms with Gasteiger partial charge in [-0.05, 0) is 42.7 Å². The normalized spacial score (nSPS) is 15.6. The van der Waals surface area contributed by atoms with Crippen LogP contribution >= 0.6 is 11.6 Å². The van der Waals surface area contributed by atoms with Crippen molar-refractivity contribution in [2.45, 2.75) is 12.8 Å². The Morgan fingerprint density at radius 1 is 1.11 bits per heavy atom. The minimum atomic E-state index is 0.0294. The predicted molar refractivity (Wildman–Crippen MR) is 115 cm³/mol. The molecule has 1 N–H and O–H groups in total. The second-order valence-electron chi connectivity index (χ2n) is 7.10. The van der Waals surface area contributed by atoms with E-state index < -0.39 is 0 Å². The zero-order chi connectivity index (χ0) is 18.8. The molecule has 4 rings (SSSR count). The molecule has 0 unspecified atom stereocenters. The maximum atomic E-state index is 13.3. The summed E-state index contributed by atoms with van der Waals surface area (Å²) >= 11 is 5.96. The van der Waals surface area contributed by atoms with Crippen LogP contribution in [0.2, 0.25) is 5.02 Å². The zero-order valence-corrected chi connectivity index (χ0v) is 16.1. The Morgan fingerprint density at radius 3 is 2.59 bits per heavy atom. The van der Waals surface area contributed by atoms with E-state index in [-0.39, 0.29) is 11.7 Å². The fraction of sp³-hybridized carbons (Fsp3) is 0.227. The molecule has 27 heavy (non-hydrogen) atoms.